The molecular weight excluding hydrogens is 194 g/mol. The Bertz CT molecular complexity index is 169. The van der Waals surface area contributed by atoms with Crippen LogP contribution in [0.15, 0.2) is 0 Å². The van der Waals surface area contributed by atoms with E-state index in [0.29, 0.717) is 19.6 Å². The molecule has 1 atom stereocenters. The normalized spacial score (nSPS) is 27.5. The number of halogens is 1. The maximum atomic E-state index is 11.3. The summed E-state index contributed by atoms with van der Waals surface area (Å²) in [4.78, 5) is 11.3. The topological polar surface area (TPSA) is 61.5 Å². The summed E-state index contributed by atoms with van der Waals surface area (Å²) in [5, 5.41) is 0. The Morgan fingerprint density at radius 3 is 2.85 bits per heavy atom. The summed E-state index contributed by atoms with van der Waals surface area (Å²) < 4.78 is 9.97. The minimum absolute atomic E-state index is 0. The molecule has 2 N–H and O–H groups in total. The molecule has 78 valence electrons. The van der Waals surface area contributed by atoms with Crippen LogP contribution in [0.25, 0.3) is 0 Å². The third kappa shape index (κ3) is 3.14. The first-order chi connectivity index (χ1) is 5.69. The van der Waals surface area contributed by atoms with Crippen LogP contribution in [0.1, 0.15) is 19.8 Å². The predicted octanol–water partition coefficient (Wildman–Crippen LogP) is 0.479. The lowest BCUT2D eigenvalue weighted by Crippen LogP contribution is -2.54. The van der Waals surface area contributed by atoms with E-state index in [1.807, 2.05) is 0 Å². The second-order valence-corrected chi connectivity index (χ2v) is 3.03. The van der Waals surface area contributed by atoms with Crippen molar-refractivity contribution in [2.24, 2.45) is 5.73 Å². The molecular formula is C8H16ClNO3. The molecule has 1 fully saturated rings. The molecule has 0 bridgehead atoms. The first-order valence-corrected chi connectivity index (χ1v) is 4.23. The molecule has 0 amide bonds. The number of ether oxygens (including phenoxy) is 2. The van der Waals surface area contributed by atoms with Crippen LogP contribution in [0.3, 0.4) is 0 Å². The molecule has 4 nitrogen and oxygen atoms in total. The number of carbonyl (C=O) groups excluding carboxylic acids is 1. The highest BCUT2D eigenvalue weighted by molar-refractivity contribution is 5.85. The van der Waals surface area contributed by atoms with Crippen molar-refractivity contribution in [3.63, 3.8) is 0 Å². The quantitative estimate of drug-likeness (QED) is 0.672. The number of nitrogens with two attached hydrogens (primary N) is 1. The lowest BCUT2D eigenvalue weighted by atomic mass is 9.94. The van der Waals surface area contributed by atoms with Gasteiger partial charge in [-0.15, -0.1) is 12.4 Å². The molecule has 1 rings (SSSR count). The molecule has 0 aromatic rings. The molecule has 0 saturated carbocycles. The average molecular weight is 210 g/mol. The van der Waals surface area contributed by atoms with Crippen molar-refractivity contribution < 1.29 is 14.3 Å². The van der Waals surface area contributed by atoms with Crippen LogP contribution in [0.5, 0.6) is 0 Å². The van der Waals surface area contributed by atoms with E-state index in [1.165, 1.54) is 0 Å². The van der Waals surface area contributed by atoms with Gasteiger partial charge in [0.25, 0.3) is 0 Å². The van der Waals surface area contributed by atoms with Gasteiger partial charge in [-0.2, -0.15) is 0 Å². The molecule has 1 saturated heterocycles. The number of esters is 1. The van der Waals surface area contributed by atoms with E-state index in [-0.39, 0.29) is 25.0 Å². The SMILES string of the molecule is CCOC(=O)C1(N)CCCOC1.Cl. The van der Waals surface area contributed by atoms with Crippen LogP contribution in [-0.4, -0.2) is 31.3 Å². The Morgan fingerprint density at radius 1 is 1.69 bits per heavy atom. The summed E-state index contributed by atoms with van der Waals surface area (Å²) in [6.45, 7) is 3.12. The highest BCUT2D eigenvalue weighted by atomic mass is 35.5. The van der Waals surface area contributed by atoms with Crippen LogP contribution in [0.2, 0.25) is 0 Å². The minimum atomic E-state index is -0.895. The predicted molar refractivity (Wildman–Crippen MR) is 50.9 cm³/mol. The Morgan fingerprint density at radius 2 is 2.38 bits per heavy atom. The van der Waals surface area contributed by atoms with Gasteiger partial charge in [-0.3, -0.25) is 0 Å². The Kier molecular flexibility index (Phi) is 5.29. The Labute approximate surface area is 84.2 Å². The molecule has 1 heterocycles. The number of hydrogen-bond donors (Lipinski definition) is 1. The molecule has 1 aliphatic heterocycles. The molecule has 0 aromatic carbocycles. The van der Waals surface area contributed by atoms with Crippen molar-refractivity contribution in [3.05, 3.63) is 0 Å². The largest absolute Gasteiger partial charge is 0.465 e. The lowest BCUT2D eigenvalue weighted by Gasteiger charge is -2.30. The van der Waals surface area contributed by atoms with Gasteiger partial charge in [0.05, 0.1) is 13.2 Å². The van der Waals surface area contributed by atoms with Crippen LogP contribution >= 0.6 is 12.4 Å². The summed E-state index contributed by atoms with van der Waals surface area (Å²) in [6, 6.07) is 0. The first-order valence-electron chi connectivity index (χ1n) is 4.23. The lowest BCUT2D eigenvalue weighted by molar-refractivity contribution is -0.154. The third-order valence-electron chi connectivity index (χ3n) is 1.95. The number of rotatable bonds is 2. The van der Waals surface area contributed by atoms with Crippen LogP contribution in [0.4, 0.5) is 0 Å². The van der Waals surface area contributed by atoms with Crippen molar-refractivity contribution >= 4 is 18.4 Å². The fourth-order valence-corrected chi connectivity index (χ4v) is 1.25. The van der Waals surface area contributed by atoms with E-state index in [0.717, 1.165) is 6.42 Å². The van der Waals surface area contributed by atoms with Gasteiger partial charge in [0, 0.05) is 6.61 Å². The smallest absolute Gasteiger partial charge is 0.328 e. The van der Waals surface area contributed by atoms with Crippen molar-refractivity contribution in [2.45, 2.75) is 25.3 Å². The third-order valence-corrected chi connectivity index (χ3v) is 1.95. The van der Waals surface area contributed by atoms with Crippen molar-refractivity contribution in [1.82, 2.24) is 0 Å². The Balaban J connectivity index is 0.00000144. The first kappa shape index (κ1) is 12.7. The second kappa shape index (κ2) is 5.42. The molecule has 1 aliphatic rings. The van der Waals surface area contributed by atoms with Crippen LogP contribution in [0, 0.1) is 0 Å². The van der Waals surface area contributed by atoms with Crippen molar-refractivity contribution in [2.75, 3.05) is 19.8 Å². The highest BCUT2D eigenvalue weighted by Gasteiger charge is 2.37. The summed E-state index contributed by atoms with van der Waals surface area (Å²) in [6.07, 6.45) is 1.49. The summed E-state index contributed by atoms with van der Waals surface area (Å²) in [5.74, 6) is -0.343. The monoisotopic (exact) mass is 209 g/mol. The van der Waals surface area contributed by atoms with Gasteiger partial charge in [-0.25, -0.2) is 4.79 Å². The fourth-order valence-electron chi connectivity index (χ4n) is 1.25. The van der Waals surface area contributed by atoms with E-state index in [1.54, 1.807) is 6.92 Å². The molecule has 0 aliphatic carbocycles. The maximum absolute atomic E-state index is 11.3. The van der Waals surface area contributed by atoms with Gasteiger partial charge in [0.15, 0.2) is 0 Å². The second-order valence-electron chi connectivity index (χ2n) is 3.03. The van der Waals surface area contributed by atoms with Crippen LogP contribution < -0.4 is 5.73 Å². The van der Waals surface area contributed by atoms with Crippen LogP contribution in [-0.2, 0) is 14.3 Å². The van der Waals surface area contributed by atoms with Crippen molar-refractivity contribution in [1.29, 1.82) is 0 Å². The van der Waals surface area contributed by atoms with E-state index in [9.17, 15) is 4.79 Å². The maximum Gasteiger partial charge on any atom is 0.328 e. The molecule has 13 heavy (non-hydrogen) atoms. The number of carbonyl (C=O) groups is 1. The zero-order valence-electron chi connectivity index (χ0n) is 7.75. The van der Waals surface area contributed by atoms with Crippen molar-refractivity contribution in [3.8, 4) is 0 Å². The van der Waals surface area contributed by atoms with Gasteiger partial charge in [0.1, 0.15) is 5.54 Å². The standard InChI is InChI=1S/C8H15NO3.ClH/c1-2-12-7(10)8(9)4-3-5-11-6-8;/h2-6,9H2,1H3;1H. The molecule has 0 spiro atoms. The summed E-state index contributed by atoms with van der Waals surface area (Å²) in [7, 11) is 0. The summed E-state index contributed by atoms with van der Waals surface area (Å²) >= 11 is 0. The Hall–Kier alpha value is -0.320. The van der Waals surface area contributed by atoms with Gasteiger partial charge < -0.3 is 15.2 Å². The number of hydrogen-bond acceptors (Lipinski definition) is 4. The molecule has 0 radical (unpaired) electrons. The zero-order valence-corrected chi connectivity index (χ0v) is 8.56. The van der Waals surface area contributed by atoms with Gasteiger partial charge in [0.2, 0.25) is 0 Å². The van der Waals surface area contributed by atoms with E-state index in [2.05, 4.69) is 0 Å². The molecule has 0 aromatic heterocycles. The average Bonchev–Trinajstić information content (AvgIpc) is 2.06. The van der Waals surface area contributed by atoms with Gasteiger partial charge >= 0.3 is 5.97 Å². The van der Waals surface area contributed by atoms with Gasteiger partial charge in [-0.1, -0.05) is 0 Å². The zero-order chi connectivity index (χ0) is 9.03. The fraction of sp³-hybridized carbons (Fsp3) is 0.875. The molecule has 5 heteroatoms. The summed E-state index contributed by atoms with van der Waals surface area (Å²) in [5.41, 5.74) is 4.89. The minimum Gasteiger partial charge on any atom is -0.465 e. The van der Waals surface area contributed by atoms with E-state index < -0.39 is 5.54 Å². The highest BCUT2D eigenvalue weighted by Crippen LogP contribution is 2.17. The van der Waals surface area contributed by atoms with E-state index in [4.69, 9.17) is 15.2 Å². The van der Waals surface area contributed by atoms with E-state index >= 15 is 0 Å². The van der Waals surface area contributed by atoms with Gasteiger partial charge in [-0.05, 0) is 19.8 Å². The molecule has 1 unspecified atom stereocenters.